The molecule has 0 aromatic heterocycles. The number of likely N-dealkylation sites (tertiary alicyclic amines) is 1. The zero-order chi connectivity index (χ0) is 14.8. The number of amides is 1. The summed E-state index contributed by atoms with van der Waals surface area (Å²) in [5.74, 6) is 0.0708. The van der Waals surface area contributed by atoms with E-state index in [1.165, 1.54) is 37.9 Å². The Balaban J connectivity index is 1.63. The number of anilines is 1. The molecule has 2 unspecified atom stereocenters. The molecule has 4 heteroatoms. The Hall–Kier alpha value is -1.39. The number of piperidine rings is 1. The Morgan fingerprint density at radius 1 is 1.33 bits per heavy atom. The Labute approximate surface area is 126 Å². The van der Waals surface area contributed by atoms with E-state index in [9.17, 15) is 4.79 Å². The van der Waals surface area contributed by atoms with Gasteiger partial charge in [-0.3, -0.25) is 9.69 Å². The number of benzene rings is 1. The number of fused-ring (bicyclic) bond motifs is 1. The van der Waals surface area contributed by atoms with Crippen molar-refractivity contribution in [1.29, 1.82) is 0 Å². The third-order valence-electron chi connectivity index (χ3n) is 4.67. The quantitative estimate of drug-likeness (QED) is 0.894. The van der Waals surface area contributed by atoms with Crippen molar-refractivity contribution in [2.75, 3.05) is 25.0 Å². The van der Waals surface area contributed by atoms with E-state index in [4.69, 9.17) is 0 Å². The minimum absolute atomic E-state index is 0.0708. The lowest BCUT2D eigenvalue weighted by atomic mass is 10.0. The highest BCUT2D eigenvalue weighted by molar-refractivity contribution is 6.02. The van der Waals surface area contributed by atoms with Crippen molar-refractivity contribution < 1.29 is 4.79 Å². The van der Waals surface area contributed by atoms with Gasteiger partial charge in [0.05, 0.1) is 0 Å². The first kappa shape index (κ1) is 14.5. The molecule has 0 saturated carbocycles. The lowest BCUT2D eigenvalue weighted by Crippen LogP contribution is -2.44. The van der Waals surface area contributed by atoms with E-state index in [-0.39, 0.29) is 11.9 Å². The van der Waals surface area contributed by atoms with E-state index in [0.717, 1.165) is 17.8 Å². The second-order valence-electron chi connectivity index (χ2n) is 6.37. The monoisotopic (exact) mass is 287 g/mol. The van der Waals surface area contributed by atoms with Crippen LogP contribution in [0, 0.1) is 6.92 Å². The largest absolute Gasteiger partial charge is 0.324 e. The van der Waals surface area contributed by atoms with E-state index < -0.39 is 0 Å². The molecule has 0 bridgehead atoms. The molecule has 2 aliphatic rings. The van der Waals surface area contributed by atoms with Crippen LogP contribution in [0.5, 0.6) is 0 Å². The first-order chi connectivity index (χ1) is 10.1. The molecular weight excluding hydrogens is 262 g/mol. The average Bonchev–Trinajstić information content (AvgIpc) is 2.80. The van der Waals surface area contributed by atoms with Gasteiger partial charge in [0.15, 0.2) is 0 Å². The predicted octanol–water partition coefficient (Wildman–Crippen LogP) is 2.45. The smallest absolute Gasteiger partial charge is 0.246 e. The molecule has 0 aliphatic carbocycles. The topological polar surface area (TPSA) is 44.4 Å². The first-order valence-electron chi connectivity index (χ1n) is 8.04. The highest BCUT2D eigenvalue weighted by Gasteiger charge is 2.30. The van der Waals surface area contributed by atoms with Crippen LogP contribution in [0.3, 0.4) is 0 Å². The normalized spacial score (nSPS) is 23.7. The Morgan fingerprint density at radius 2 is 2.10 bits per heavy atom. The van der Waals surface area contributed by atoms with Crippen molar-refractivity contribution >= 4 is 11.6 Å². The minimum Gasteiger partial charge on any atom is -0.324 e. The summed E-state index contributed by atoms with van der Waals surface area (Å²) in [6, 6.07) is 6.42. The van der Waals surface area contributed by atoms with Crippen molar-refractivity contribution in [2.24, 2.45) is 0 Å². The summed E-state index contributed by atoms with van der Waals surface area (Å²) in [5.41, 5.74) is 3.24. The molecule has 0 radical (unpaired) electrons. The van der Waals surface area contributed by atoms with Crippen LogP contribution in [0.25, 0.3) is 0 Å². The van der Waals surface area contributed by atoms with Crippen molar-refractivity contribution in [2.45, 2.75) is 45.2 Å². The number of hydrogen-bond donors (Lipinski definition) is 2. The van der Waals surface area contributed by atoms with Gasteiger partial charge in [-0.2, -0.15) is 0 Å². The van der Waals surface area contributed by atoms with Gasteiger partial charge >= 0.3 is 0 Å². The van der Waals surface area contributed by atoms with Crippen molar-refractivity contribution in [3.63, 3.8) is 0 Å². The van der Waals surface area contributed by atoms with Gasteiger partial charge in [0.25, 0.3) is 0 Å². The molecule has 1 aromatic carbocycles. The fourth-order valence-corrected chi connectivity index (χ4v) is 3.36. The maximum absolute atomic E-state index is 12.1. The van der Waals surface area contributed by atoms with Gasteiger partial charge in [-0.05, 0) is 45.8 Å². The van der Waals surface area contributed by atoms with Gasteiger partial charge < -0.3 is 10.6 Å². The standard InChI is InChI=1S/C17H25N3O/c1-12-6-7-15-14(10-12)16(17(21)19-15)18-11-13(2)20-8-4-3-5-9-20/h6-7,10,13,16,18H,3-5,8-9,11H2,1-2H3,(H,19,21). The van der Waals surface area contributed by atoms with Gasteiger partial charge in [-0.15, -0.1) is 0 Å². The minimum atomic E-state index is -0.202. The van der Waals surface area contributed by atoms with Crippen LogP contribution < -0.4 is 10.6 Å². The van der Waals surface area contributed by atoms with E-state index >= 15 is 0 Å². The number of rotatable bonds is 4. The Kier molecular flexibility index (Phi) is 4.27. The molecule has 0 spiro atoms. The molecule has 1 aromatic rings. The summed E-state index contributed by atoms with van der Waals surface area (Å²) in [5, 5.41) is 6.42. The van der Waals surface area contributed by atoms with E-state index in [0.29, 0.717) is 6.04 Å². The third kappa shape index (κ3) is 3.11. The zero-order valence-corrected chi connectivity index (χ0v) is 13.0. The molecule has 21 heavy (non-hydrogen) atoms. The van der Waals surface area contributed by atoms with E-state index in [2.05, 4.69) is 35.4 Å². The molecule has 2 heterocycles. The van der Waals surface area contributed by atoms with Crippen molar-refractivity contribution in [1.82, 2.24) is 10.2 Å². The van der Waals surface area contributed by atoms with Gasteiger partial charge in [-0.1, -0.05) is 24.1 Å². The predicted molar refractivity (Wildman–Crippen MR) is 85.4 cm³/mol. The maximum atomic E-state index is 12.1. The van der Waals surface area contributed by atoms with Crippen LogP contribution in [0.4, 0.5) is 5.69 Å². The molecule has 2 N–H and O–H groups in total. The number of nitrogens with one attached hydrogen (secondary N) is 2. The highest BCUT2D eigenvalue weighted by atomic mass is 16.2. The molecule has 2 atom stereocenters. The molecule has 1 saturated heterocycles. The highest BCUT2D eigenvalue weighted by Crippen LogP contribution is 2.31. The lowest BCUT2D eigenvalue weighted by Gasteiger charge is -2.33. The number of hydrogen-bond acceptors (Lipinski definition) is 3. The van der Waals surface area contributed by atoms with Gasteiger partial charge in [0.1, 0.15) is 6.04 Å². The summed E-state index contributed by atoms with van der Waals surface area (Å²) in [7, 11) is 0. The van der Waals surface area contributed by atoms with E-state index in [1.54, 1.807) is 0 Å². The van der Waals surface area contributed by atoms with Gasteiger partial charge in [-0.25, -0.2) is 0 Å². The van der Waals surface area contributed by atoms with Crippen LogP contribution in [-0.4, -0.2) is 36.5 Å². The summed E-state index contributed by atoms with van der Waals surface area (Å²) < 4.78 is 0. The fraction of sp³-hybridized carbons (Fsp3) is 0.588. The Bertz CT molecular complexity index is 523. The second-order valence-corrected chi connectivity index (χ2v) is 6.37. The van der Waals surface area contributed by atoms with Crippen LogP contribution in [-0.2, 0) is 4.79 Å². The number of carbonyl (C=O) groups is 1. The Morgan fingerprint density at radius 3 is 2.86 bits per heavy atom. The van der Waals surface area contributed by atoms with Crippen molar-refractivity contribution in [3.8, 4) is 0 Å². The van der Waals surface area contributed by atoms with Gasteiger partial charge in [0.2, 0.25) is 5.91 Å². The number of carbonyl (C=O) groups excluding carboxylic acids is 1. The summed E-state index contributed by atoms with van der Waals surface area (Å²) in [4.78, 5) is 14.7. The van der Waals surface area contributed by atoms with Crippen LogP contribution in [0.1, 0.15) is 43.4 Å². The van der Waals surface area contributed by atoms with Gasteiger partial charge in [0, 0.05) is 23.8 Å². The first-order valence-corrected chi connectivity index (χ1v) is 8.04. The average molecular weight is 287 g/mol. The number of nitrogens with zero attached hydrogens (tertiary/aromatic N) is 1. The third-order valence-corrected chi connectivity index (χ3v) is 4.67. The van der Waals surface area contributed by atoms with Crippen LogP contribution in [0.2, 0.25) is 0 Å². The summed E-state index contributed by atoms with van der Waals surface area (Å²) >= 11 is 0. The molecular formula is C17H25N3O. The van der Waals surface area contributed by atoms with Crippen LogP contribution >= 0.6 is 0 Å². The molecule has 4 nitrogen and oxygen atoms in total. The molecule has 1 fully saturated rings. The molecule has 114 valence electrons. The summed E-state index contributed by atoms with van der Waals surface area (Å²) in [6.07, 6.45) is 3.96. The lowest BCUT2D eigenvalue weighted by molar-refractivity contribution is -0.117. The molecule has 3 rings (SSSR count). The fourth-order valence-electron chi connectivity index (χ4n) is 3.36. The van der Waals surface area contributed by atoms with Crippen molar-refractivity contribution in [3.05, 3.63) is 29.3 Å². The second kappa shape index (κ2) is 6.16. The maximum Gasteiger partial charge on any atom is 0.246 e. The summed E-state index contributed by atoms with van der Waals surface area (Å²) in [6.45, 7) is 7.55. The van der Waals surface area contributed by atoms with Crippen LogP contribution in [0.15, 0.2) is 18.2 Å². The molecule has 2 aliphatic heterocycles. The zero-order valence-electron chi connectivity index (χ0n) is 13.0. The van der Waals surface area contributed by atoms with E-state index in [1.807, 2.05) is 12.1 Å². The molecule has 1 amide bonds. The number of aryl methyl sites for hydroxylation is 1. The SMILES string of the molecule is Cc1ccc2c(c1)C(NCC(C)N1CCCCC1)C(=O)N2.